The summed E-state index contributed by atoms with van der Waals surface area (Å²) in [5.41, 5.74) is 3.78. The topological polar surface area (TPSA) is 85.8 Å². The van der Waals surface area contributed by atoms with Gasteiger partial charge in [0.05, 0.1) is 0 Å². The Morgan fingerprint density at radius 2 is 1.55 bits per heavy atom. The molecule has 0 radical (unpaired) electrons. The fraction of sp³-hybridized carbons (Fsp3) is 0.348. The van der Waals surface area contributed by atoms with E-state index in [9.17, 15) is 9.59 Å². The summed E-state index contributed by atoms with van der Waals surface area (Å²) >= 11 is 0. The van der Waals surface area contributed by atoms with Gasteiger partial charge in [-0.15, -0.1) is 24.0 Å². The molecule has 0 atom stereocenters. The van der Waals surface area contributed by atoms with Crippen LogP contribution in [-0.2, 0) is 17.9 Å². The molecule has 1 heterocycles. The minimum atomic E-state index is -0.0606. The molecule has 0 bridgehead atoms. The number of rotatable bonds is 7. The number of benzene rings is 2. The maximum Gasteiger partial charge on any atom is 0.251 e. The van der Waals surface area contributed by atoms with Crippen LogP contribution >= 0.6 is 24.0 Å². The molecule has 0 spiro atoms. The molecule has 1 aliphatic rings. The van der Waals surface area contributed by atoms with Crippen molar-refractivity contribution in [3.05, 3.63) is 65.2 Å². The number of anilines is 1. The van der Waals surface area contributed by atoms with E-state index in [0.29, 0.717) is 37.6 Å². The summed E-state index contributed by atoms with van der Waals surface area (Å²) in [4.78, 5) is 29.8. The lowest BCUT2D eigenvalue weighted by atomic mass is 10.1. The smallest absolute Gasteiger partial charge is 0.251 e. The summed E-state index contributed by atoms with van der Waals surface area (Å²) in [5.74, 6) is 0.834. The van der Waals surface area contributed by atoms with Crippen LogP contribution in [0.25, 0.3) is 0 Å². The van der Waals surface area contributed by atoms with Gasteiger partial charge >= 0.3 is 0 Å². The van der Waals surface area contributed by atoms with Gasteiger partial charge in [-0.3, -0.25) is 14.6 Å². The van der Waals surface area contributed by atoms with Gasteiger partial charge in [-0.05, 0) is 48.7 Å². The molecule has 0 saturated carbocycles. The lowest BCUT2D eigenvalue weighted by Gasteiger charge is -2.16. The quantitative estimate of drug-likeness (QED) is 0.289. The normalized spacial score (nSPS) is 13.5. The SMILES string of the molecule is CCNC(=O)c1ccc(CNC(=NC)NCc2ccc(N3CCCC3=O)cc2)cc1.I. The molecule has 1 aliphatic heterocycles. The van der Waals surface area contributed by atoms with Gasteiger partial charge < -0.3 is 20.9 Å². The van der Waals surface area contributed by atoms with Gasteiger partial charge in [0, 0.05) is 50.9 Å². The number of hydrogen-bond donors (Lipinski definition) is 3. The molecule has 31 heavy (non-hydrogen) atoms. The van der Waals surface area contributed by atoms with Crippen molar-refractivity contribution < 1.29 is 9.59 Å². The summed E-state index contributed by atoms with van der Waals surface area (Å²) in [7, 11) is 1.73. The first-order valence-electron chi connectivity index (χ1n) is 10.3. The van der Waals surface area contributed by atoms with Gasteiger partial charge in [-0.25, -0.2) is 0 Å². The van der Waals surface area contributed by atoms with Crippen molar-refractivity contribution in [2.24, 2.45) is 4.99 Å². The lowest BCUT2D eigenvalue weighted by molar-refractivity contribution is -0.117. The highest BCUT2D eigenvalue weighted by atomic mass is 127. The van der Waals surface area contributed by atoms with Crippen molar-refractivity contribution in [2.75, 3.05) is 25.0 Å². The Hall–Kier alpha value is -2.62. The van der Waals surface area contributed by atoms with Gasteiger partial charge in [0.25, 0.3) is 5.91 Å². The van der Waals surface area contributed by atoms with Crippen molar-refractivity contribution in [1.82, 2.24) is 16.0 Å². The minimum absolute atomic E-state index is 0. The van der Waals surface area contributed by atoms with E-state index in [0.717, 1.165) is 29.8 Å². The second-order valence-corrected chi connectivity index (χ2v) is 7.15. The van der Waals surface area contributed by atoms with Crippen molar-refractivity contribution in [2.45, 2.75) is 32.9 Å². The Kier molecular flexibility index (Phi) is 9.77. The number of hydrogen-bond acceptors (Lipinski definition) is 3. The Bertz CT molecular complexity index is 897. The number of guanidine groups is 1. The molecule has 2 amide bonds. The Morgan fingerprint density at radius 1 is 0.968 bits per heavy atom. The molecule has 8 heteroatoms. The second kappa shape index (κ2) is 12.3. The highest BCUT2D eigenvalue weighted by Crippen LogP contribution is 2.21. The molecule has 1 fully saturated rings. The zero-order chi connectivity index (χ0) is 21.3. The Morgan fingerprint density at radius 3 is 2.03 bits per heavy atom. The van der Waals surface area contributed by atoms with Crippen LogP contribution in [0.4, 0.5) is 5.69 Å². The number of amides is 2. The monoisotopic (exact) mass is 535 g/mol. The van der Waals surface area contributed by atoms with Crippen LogP contribution in [0.15, 0.2) is 53.5 Å². The molecule has 3 rings (SSSR count). The number of halogens is 1. The number of aliphatic imine (C=N–C) groups is 1. The molecule has 3 N–H and O–H groups in total. The van der Waals surface area contributed by atoms with E-state index in [-0.39, 0.29) is 35.8 Å². The molecular weight excluding hydrogens is 505 g/mol. The van der Waals surface area contributed by atoms with Crippen molar-refractivity contribution in [3.63, 3.8) is 0 Å². The van der Waals surface area contributed by atoms with Crippen LogP contribution in [0.1, 0.15) is 41.3 Å². The van der Waals surface area contributed by atoms with Crippen LogP contribution in [0.3, 0.4) is 0 Å². The lowest BCUT2D eigenvalue weighted by Crippen LogP contribution is -2.36. The van der Waals surface area contributed by atoms with Gasteiger partial charge in [0.2, 0.25) is 5.91 Å². The summed E-state index contributed by atoms with van der Waals surface area (Å²) in [5, 5.41) is 9.36. The fourth-order valence-electron chi connectivity index (χ4n) is 3.34. The van der Waals surface area contributed by atoms with E-state index in [2.05, 4.69) is 20.9 Å². The van der Waals surface area contributed by atoms with E-state index in [1.54, 1.807) is 7.05 Å². The first-order valence-corrected chi connectivity index (χ1v) is 10.3. The third-order valence-corrected chi connectivity index (χ3v) is 5.02. The van der Waals surface area contributed by atoms with E-state index in [4.69, 9.17) is 0 Å². The van der Waals surface area contributed by atoms with Crippen molar-refractivity contribution >= 4 is 47.4 Å². The first kappa shape index (κ1) is 24.6. The van der Waals surface area contributed by atoms with E-state index >= 15 is 0 Å². The minimum Gasteiger partial charge on any atom is -0.352 e. The maximum absolute atomic E-state index is 11.9. The van der Waals surface area contributed by atoms with E-state index < -0.39 is 0 Å². The molecule has 0 unspecified atom stereocenters. The molecular formula is C23H30IN5O2. The zero-order valence-corrected chi connectivity index (χ0v) is 20.3. The first-order chi connectivity index (χ1) is 14.6. The van der Waals surface area contributed by atoms with Crippen molar-refractivity contribution in [1.29, 1.82) is 0 Å². The maximum atomic E-state index is 11.9. The summed E-state index contributed by atoms with van der Waals surface area (Å²) in [6.07, 6.45) is 1.57. The van der Waals surface area contributed by atoms with Crippen LogP contribution in [0.2, 0.25) is 0 Å². The Labute approximate surface area is 200 Å². The third kappa shape index (κ3) is 6.95. The van der Waals surface area contributed by atoms with Crippen LogP contribution in [0.5, 0.6) is 0 Å². The molecule has 2 aromatic rings. The molecule has 2 aromatic carbocycles. The van der Waals surface area contributed by atoms with Gasteiger partial charge in [0.15, 0.2) is 5.96 Å². The summed E-state index contributed by atoms with van der Waals surface area (Å²) in [6, 6.07) is 15.6. The second-order valence-electron chi connectivity index (χ2n) is 7.15. The van der Waals surface area contributed by atoms with Crippen molar-refractivity contribution in [3.8, 4) is 0 Å². The third-order valence-electron chi connectivity index (χ3n) is 5.02. The number of carbonyl (C=O) groups excluding carboxylic acids is 2. The summed E-state index contributed by atoms with van der Waals surface area (Å²) in [6.45, 7) is 4.55. The van der Waals surface area contributed by atoms with Crippen LogP contribution in [0, 0.1) is 0 Å². The van der Waals surface area contributed by atoms with Gasteiger partial charge in [0.1, 0.15) is 0 Å². The van der Waals surface area contributed by atoms with Gasteiger partial charge in [-0.2, -0.15) is 0 Å². The average molecular weight is 535 g/mol. The largest absolute Gasteiger partial charge is 0.352 e. The predicted molar refractivity (Wildman–Crippen MR) is 135 cm³/mol. The predicted octanol–water partition coefficient (Wildman–Crippen LogP) is 3.05. The molecule has 0 aliphatic carbocycles. The standard InChI is InChI=1S/C23H29N5O2.HI/c1-3-25-22(30)19-10-6-17(7-11-19)15-26-23(24-2)27-16-18-8-12-20(13-9-18)28-14-4-5-21(28)29;/h6-13H,3-5,14-16H2,1-2H3,(H,25,30)(H2,24,26,27);1H. The number of nitrogens with zero attached hydrogens (tertiary/aromatic N) is 2. The highest BCUT2D eigenvalue weighted by molar-refractivity contribution is 14.0. The molecule has 166 valence electrons. The van der Waals surface area contributed by atoms with Crippen LogP contribution < -0.4 is 20.9 Å². The van der Waals surface area contributed by atoms with Gasteiger partial charge in [-0.1, -0.05) is 24.3 Å². The fourth-order valence-corrected chi connectivity index (χ4v) is 3.34. The number of carbonyl (C=O) groups is 2. The number of nitrogens with one attached hydrogen (secondary N) is 3. The molecule has 7 nitrogen and oxygen atoms in total. The molecule has 0 aromatic heterocycles. The van der Waals surface area contributed by atoms with E-state index in [1.807, 2.05) is 60.4 Å². The average Bonchev–Trinajstić information content (AvgIpc) is 3.20. The molecule has 1 saturated heterocycles. The zero-order valence-electron chi connectivity index (χ0n) is 18.0. The summed E-state index contributed by atoms with van der Waals surface area (Å²) < 4.78 is 0. The van der Waals surface area contributed by atoms with Crippen LogP contribution in [-0.4, -0.2) is 37.9 Å². The van der Waals surface area contributed by atoms with E-state index in [1.165, 1.54) is 0 Å². The highest BCUT2D eigenvalue weighted by Gasteiger charge is 2.21. The Balaban J connectivity index is 0.00000341.